The molecule has 0 aliphatic carbocycles. The minimum atomic E-state index is -0.455. The van der Waals surface area contributed by atoms with Gasteiger partial charge in [0, 0.05) is 13.1 Å². The van der Waals surface area contributed by atoms with E-state index in [1.807, 2.05) is 12.1 Å². The van der Waals surface area contributed by atoms with Gasteiger partial charge in [-0.3, -0.25) is 14.9 Å². The summed E-state index contributed by atoms with van der Waals surface area (Å²) in [6, 6.07) is 20.8. The van der Waals surface area contributed by atoms with E-state index in [2.05, 4.69) is 16.7 Å². The van der Waals surface area contributed by atoms with Crippen LogP contribution in [0.4, 0.5) is 4.79 Å². The highest BCUT2D eigenvalue weighted by atomic mass is 16.5. The number of nitrogens with one attached hydrogen (secondary N) is 2. The van der Waals surface area contributed by atoms with Crippen LogP contribution in [0.2, 0.25) is 0 Å². The van der Waals surface area contributed by atoms with Crippen molar-refractivity contribution in [2.24, 2.45) is 0 Å². The monoisotopic (exact) mass is 470 g/mol. The Morgan fingerprint density at radius 2 is 1.69 bits per heavy atom. The number of ether oxygens (including phenoxy) is 2. The summed E-state index contributed by atoms with van der Waals surface area (Å²) >= 11 is 0. The van der Waals surface area contributed by atoms with Crippen molar-refractivity contribution in [3.63, 3.8) is 0 Å². The van der Waals surface area contributed by atoms with Gasteiger partial charge in [-0.2, -0.15) is 5.26 Å². The Hall–Kier alpha value is -4.84. The molecule has 0 spiro atoms. The van der Waals surface area contributed by atoms with Crippen molar-refractivity contribution in [3.8, 4) is 23.3 Å². The first-order valence-corrected chi connectivity index (χ1v) is 10.8. The molecule has 0 saturated carbocycles. The fourth-order valence-electron chi connectivity index (χ4n) is 3.55. The first-order chi connectivity index (χ1) is 16.9. The average Bonchev–Trinajstić information content (AvgIpc) is 3.19. The number of benzene rings is 3. The number of amides is 4. The minimum Gasteiger partial charge on any atom is -0.496 e. The third-order valence-corrected chi connectivity index (χ3v) is 5.35. The molecule has 4 amide bonds. The maximum Gasteiger partial charge on any atom is 0.324 e. The third kappa shape index (κ3) is 5.75. The molecule has 2 N–H and O–H groups in total. The van der Waals surface area contributed by atoms with E-state index in [-0.39, 0.29) is 31.4 Å². The molecule has 1 heterocycles. The van der Waals surface area contributed by atoms with E-state index < -0.39 is 6.03 Å². The quantitative estimate of drug-likeness (QED) is 0.487. The third-order valence-electron chi connectivity index (χ3n) is 5.35. The molecule has 0 atom stereocenters. The van der Waals surface area contributed by atoms with Crippen LogP contribution in [0.5, 0.6) is 17.2 Å². The molecule has 1 saturated heterocycles. The van der Waals surface area contributed by atoms with Gasteiger partial charge < -0.3 is 19.7 Å². The molecule has 3 aromatic rings. The highest BCUT2D eigenvalue weighted by molar-refractivity contribution is 6.02. The summed E-state index contributed by atoms with van der Waals surface area (Å²) < 4.78 is 11.1. The van der Waals surface area contributed by atoms with Gasteiger partial charge in [-0.05, 0) is 59.7 Å². The van der Waals surface area contributed by atoms with E-state index in [9.17, 15) is 14.4 Å². The fraction of sp³-hybridized carbons (Fsp3) is 0.154. The van der Waals surface area contributed by atoms with Gasteiger partial charge >= 0.3 is 6.03 Å². The zero-order valence-electron chi connectivity index (χ0n) is 18.9. The van der Waals surface area contributed by atoms with Crippen LogP contribution < -0.4 is 20.1 Å². The summed E-state index contributed by atoms with van der Waals surface area (Å²) in [5.41, 5.74) is 2.46. The molecule has 1 aliphatic rings. The van der Waals surface area contributed by atoms with E-state index >= 15 is 0 Å². The van der Waals surface area contributed by atoms with Crippen LogP contribution in [0.25, 0.3) is 0 Å². The van der Waals surface area contributed by atoms with Gasteiger partial charge in [-0.25, -0.2) is 4.79 Å². The number of rotatable bonds is 8. The predicted octanol–water partition coefficient (Wildman–Crippen LogP) is 3.34. The number of carbonyl (C=O) groups is 3. The largest absolute Gasteiger partial charge is 0.496 e. The zero-order chi connectivity index (χ0) is 24.8. The van der Waals surface area contributed by atoms with Crippen molar-refractivity contribution < 1.29 is 23.9 Å². The second-order valence-electron chi connectivity index (χ2n) is 7.81. The number of hydrogen-bond donors (Lipinski definition) is 2. The lowest BCUT2D eigenvalue weighted by molar-refractivity contribution is -0.118. The SMILES string of the molecule is COc1ccc(CN2CC(=O)NC2=O)cc1C(=O)NCc1ccc(Oc2ccc(C#N)cc2)cc1. The van der Waals surface area contributed by atoms with Crippen LogP contribution in [-0.2, 0) is 17.9 Å². The van der Waals surface area contributed by atoms with Gasteiger partial charge in [-0.1, -0.05) is 18.2 Å². The van der Waals surface area contributed by atoms with E-state index in [0.29, 0.717) is 33.9 Å². The molecule has 0 bridgehead atoms. The number of methoxy groups -OCH3 is 1. The lowest BCUT2D eigenvalue weighted by atomic mass is 10.1. The van der Waals surface area contributed by atoms with Crippen LogP contribution >= 0.6 is 0 Å². The van der Waals surface area contributed by atoms with Crippen molar-refractivity contribution in [1.29, 1.82) is 5.26 Å². The van der Waals surface area contributed by atoms with Gasteiger partial charge in [-0.15, -0.1) is 0 Å². The second kappa shape index (κ2) is 10.4. The highest BCUT2D eigenvalue weighted by Crippen LogP contribution is 2.23. The molecule has 0 aromatic heterocycles. The lowest BCUT2D eigenvalue weighted by Crippen LogP contribution is -2.28. The number of nitriles is 1. The van der Waals surface area contributed by atoms with Crippen LogP contribution in [0, 0.1) is 11.3 Å². The van der Waals surface area contributed by atoms with Gasteiger partial charge in [0.1, 0.15) is 23.8 Å². The van der Waals surface area contributed by atoms with E-state index in [0.717, 1.165) is 5.56 Å². The molecule has 0 radical (unpaired) electrons. The van der Waals surface area contributed by atoms with Crippen molar-refractivity contribution in [2.75, 3.05) is 13.7 Å². The molecule has 3 aromatic carbocycles. The average molecular weight is 470 g/mol. The fourth-order valence-corrected chi connectivity index (χ4v) is 3.55. The number of imide groups is 1. The Morgan fingerprint density at radius 3 is 2.29 bits per heavy atom. The topological polar surface area (TPSA) is 121 Å². The molecule has 4 rings (SSSR count). The van der Waals surface area contributed by atoms with Crippen molar-refractivity contribution in [2.45, 2.75) is 13.1 Å². The Balaban J connectivity index is 1.37. The summed E-state index contributed by atoms with van der Waals surface area (Å²) in [7, 11) is 1.48. The second-order valence-corrected chi connectivity index (χ2v) is 7.81. The first kappa shape index (κ1) is 23.3. The summed E-state index contributed by atoms with van der Waals surface area (Å²) in [4.78, 5) is 37.5. The summed E-state index contributed by atoms with van der Waals surface area (Å²) in [6.45, 7) is 0.465. The van der Waals surface area contributed by atoms with E-state index in [1.54, 1.807) is 54.6 Å². The number of nitrogens with zero attached hydrogens (tertiary/aromatic N) is 2. The van der Waals surface area contributed by atoms with E-state index in [4.69, 9.17) is 14.7 Å². The molecular weight excluding hydrogens is 448 g/mol. The van der Waals surface area contributed by atoms with Gasteiger partial charge in [0.05, 0.1) is 24.3 Å². The standard InChI is InChI=1S/C26H22N4O5/c1-34-23-11-6-19(15-30-16-24(31)29-26(30)33)12-22(23)25(32)28-14-18-4-9-21(10-5-18)35-20-7-2-17(13-27)3-8-20/h2-12H,14-16H2,1H3,(H,28,32)(H,29,31,33). The van der Waals surface area contributed by atoms with Gasteiger partial charge in [0.2, 0.25) is 5.91 Å². The number of hydrogen-bond acceptors (Lipinski definition) is 6. The van der Waals surface area contributed by atoms with E-state index in [1.165, 1.54) is 12.0 Å². The van der Waals surface area contributed by atoms with Crippen molar-refractivity contribution in [3.05, 3.63) is 89.0 Å². The highest BCUT2D eigenvalue weighted by Gasteiger charge is 2.27. The Labute approximate surface area is 201 Å². The van der Waals surface area contributed by atoms with Gasteiger partial charge in [0.15, 0.2) is 0 Å². The molecule has 1 fully saturated rings. The zero-order valence-corrected chi connectivity index (χ0v) is 18.9. The maximum atomic E-state index is 12.9. The molecule has 35 heavy (non-hydrogen) atoms. The van der Waals surface area contributed by atoms with Crippen molar-refractivity contribution in [1.82, 2.24) is 15.5 Å². The first-order valence-electron chi connectivity index (χ1n) is 10.8. The van der Waals surface area contributed by atoms with Crippen LogP contribution in [0.15, 0.2) is 66.7 Å². The van der Waals surface area contributed by atoms with Crippen LogP contribution in [-0.4, -0.2) is 36.4 Å². The molecule has 9 heteroatoms. The molecule has 9 nitrogen and oxygen atoms in total. The molecular formula is C26H22N4O5. The van der Waals surface area contributed by atoms with Crippen LogP contribution in [0.1, 0.15) is 27.0 Å². The summed E-state index contributed by atoms with van der Waals surface area (Å²) in [6.07, 6.45) is 0. The Morgan fingerprint density at radius 1 is 1.03 bits per heavy atom. The summed E-state index contributed by atoms with van der Waals surface area (Å²) in [5.74, 6) is 0.967. The summed E-state index contributed by atoms with van der Waals surface area (Å²) in [5, 5.41) is 14.0. The molecule has 176 valence electrons. The predicted molar refractivity (Wildman–Crippen MR) is 126 cm³/mol. The van der Waals surface area contributed by atoms with Crippen LogP contribution in [0.3, 0.4) is 0 Å². The number of carbonyl (C=O) groups excluding carboxylic acids is 3. The Kier molecular flexibility index (Phi) is 6.93. The molecule has 0 unspecified atom stereocenters. The normalized spacial score (nSPS) is 12.6. The minimum absolute atomic E-state index is 0.0166. The van der Waals surface area contributed by atoms with Crippen molar-refractivity contribution >= 4 is 17.8 Å². The number of urea groups is 1. The smallest absolute Gasteiger partial charge is 0.324 e. The molecule has 1 aliphatic heterocycles. The Bertz CT molecular complexity index is 1300. The lowest BCUT2D eigenvalue weighted by Gasteiger charge is -2.15. The van der Waals surface area contributed by atoms with Gasteiger partial charge in [0.25, 0.3) is 5.91 Å². The maximum absolute atomic E-state index is 12.9.